The lowest BCUT2D eigenvalue weighted by molar-refractivity contribution is -0.152. The fraction of sp³-hybridized carbons (Fsp3) is 0.765. The fourth-order valence-corrected chi connectivity index (χ4v) is 7.33. The number of carboxylic acid groups (broad SMARTS) is 1. The molecule has 20 heteroatoms. The molecule has 0 radical (unpaired) electrons. The molecular weight excluding hydrogens is 741 g/mol. The number of aliphatic carboxylic acids is 1. The van der Waals surface area contributed by atoms with Crippen LogP contribution in [0.1, 0.15) is 72.1 Å². The van der Waals surface area contributed by atoms with Gasteiger partial charge in [-0.3, -0.25) is 33.8 Å². The van der Waals surface area contributed by atoms with Crippen molar-refractivity contribution < 1.29 is 38.7 Å². The third kappa shape index (κ3) is 14.1. The molecule has 2 heterocycles. The molecule has 0 aromatic heterocycles. The van der Waals surface area contributed by atoms with Gasteiger partial charge in [-0.05, 0) is 88.2 Å². The summed E-state index contributed by atoms with van der Waals surface area (Å²) in [6.07, 6.45) is 6.67. The minimum absolute atomic E-state index is 0.0935. The number of carbonyl (C=O) groups excluding carboxylic acids is 6. The van der Waals surface area contributed by atoms with Crippen LogP contribution in [0.25, 0.3) is 0 Å². The summed E-state index contributed by atoms with van der Waals surface area (Å²) in [4.78, 5) is 99.2. The van der Waals surface area contributed by atoms with Crippen molar-refractivity contribution in [2.75, 3.05) is 43.7 Å². The standard InChI is InChI=1S/C34H60N10O8S2/c1-19(2)26(30(48)39-20(3)31(49)43-15-7-10-24(43)32(50)44-16-8-11-25(44)33(51)52)42-29(47)22(9-6-14-38-34(36)37)41-28(46)23(13-18-54-5)40-27(45)21(35)12-17-53-4/h19-26H,6-18,35H2,1-5H3,(H,39,48)(H,40,45)(H,41,46)(H,42,47)(H,51,52)(H4,36,37,38)/t20-,21-,22-,23-,24-,25-,26-/m0/s1. The molecule has 0 spiro atoms. The Morgan fingerprint density at radius 3 is 1.91 bits per heavy atom. The van der Waals surface area contributed by atoms with Crippen LogP contribution in [-0.4, -0.2) is 148 Å². The number of carbonyl (C=O) groups is 7. The Bertz CT molecular complexity index is 1350. The third-order valence-corrected chi connectivity index (χ3v) is 10.7. The Morgan fingerprint density at radius 1 is 0.759 bits per heavy atom. The number of carboxylic acids is 1. The molecule has 0 bridgehead atoms. The quantitative estimate of drug-likeness (QED) is 0.0354. The van der Waals surface area contributed by atoms with E-state index in [1.165, 1.54) is 28.5 Å². The van der Waals surface area contributed by atoms with E-state index in [4.69, 9.17) is 17.2 Å². The van der Waals surface area contributed by atoms with Gasteiger partial charge < -0.3 is 53.4 Å². The van der Waals surface area contributed by atoms with Crippen LogP contribution in [-0.2, 0) is 33.6 Å². The number of nitrogens with two attached hydrogens (primary N) is 3. The summed E-state index contributed by atoms with van der Waals surface area (Å²) in [5.41, 5.74) is 16.9. The van der Waals surface area contributed by atoms with Crippen LogP contribution < -0.4 is 38.5 Å². The predicted molar refractivity (Wildman–Crippen MR) is 209 cm³/mol. The molecule has 306 valence electrons. The van der Waals surface area contributed by atoms with Gasteiger partial charge in [0.2, 0.25) is 35.4 Å². The van der Waals surface area contributed by atoms with Crippen LogP contribution in [0.4, 0.5) is 0 Å². The van der Waals surface area contributed by atoms with E-state index < -0.39 is 89.6 Å². The van der Waals surface area contributed by atoms with E-state index in [0.717, 1.165) is 0 Å². The van der Waals surface area contributed by atoms with Crippen LogP contribution in [0.3, 0.4) is 0 Å². The summed E-state index contributed by atoms with van der Waals surface area (Å²) in [7, 11) is 0. The first kappa shape index (κ1) is 46.4. The van der Waals surface area contributed by atoms with Crippen molar-refractivity contribution >= 4 is 70.9 Å². The number of nitrogens with zero attached hydrogens (tertiary/aromatic N) is 3. The van der Waals surface area contributed by atoms with Crippen molar-refractivity contribution in [1.29, 1.82) is 0 Å². The zero-order valence-electron chi connectivity index (χ0n) is 32.0. The first-order valence-electron chi connectivity index (χ1n) is 18.4. The van der Waals surface area contributed by atoms with Gasteiger partial charge in [-0.25, -0.2) is 4.79 Å². The molecular formula is C34H60N10O8S2. The smallest absolute Gasteiger partial charge is 0.326 e. The Hall–Kier alpha value is -3.78. The molecule has 0 saturated carbocycles. The number of hydrogen-bond donors (Lipinski definition) is 8. The molecule has 2 fully saturated rings. The lowest BCUT2D eigenvalue weighted by atomic mass is 10.0. The highest BCUT2D eigenvalue weighted by molar-refractivity contribution is 7.98. The SMILES string of the molecule is CSCC[C@H](NC(=O)[C@@H](N)CCSC)C(=O)N[C@@H](CCCN=C(N)N)C(=O)N[C@H](C(=O)N[C@@H](C)C(=O)N1CCC[C@H]1C(=O)N1CCC[C@H]1C(=O)O)C(C)C. The monoisotopic (exact) mass is 800 g/mol. The van der Waals surface area contributed by atoms with E-state index in [2.05, 4.69) is 26.3 Å². The summed E-state index contributed by atoms with van der Waals surface area (Å²) in [5, 5.41) is 20.4. The maximum absolute atomic E-state index is 13.8. The van der Waals surface area contributed by atoms with Crippen LogP contribution in [0.2, 0.25) is 0 Å². The average Bonchev–Trinajstić information content (AvgIpc) is 3.82. The zero-order chi connectivity index (χ0) is 40.5. The van der Waals surface area contributed by atoms with Gasteiger partial charge in [-0.15, -0.1) is 0 Å². The molecule has 0 unspecified atom stereocenters. The predicted octanol–water partition coefficient (Wildman–Crippen LogP) is -1.44. The lowest BCUT2D eigenvalue weighted by Gasteiger charge is -2.32. The average molecular weight is 801 g/mol. The van der Waals surface area contributed by atoms with Gasteiger partial charge in [-0.2, -0.15) is 23.5 Å². The lowest BCUT2D eigenvalue weighted by Crippen LogP contribution is -2.60. The largest absolute Gasteiger partial charge is 0.480 e. The van der Waals surface area contributed by atoms with Crippen molar-refractivity contribution in [3.05, 3.63) is 0 Å². The highest BCUT2D eigenvalue weighted by Gasteiger charge is 2.43. The van der Waals surface area contributed by atoms with Crippen molar-refractivity contribution in [3.8, 4) is 0 Å². The van der Waals surface area contributed by atoms with E-state index in [9.17, 15) is 38.7 Å². The van der Waals surface area contributed by atoms with E-state index in [1.807, 2.05) is 12.5 Å². The summed E-state index contributed by atoms with van der Waals surface area (Å²) < 4.78 is 0. The maximum Gasteiger partial charge on any atom is 0.326 e. The maximum atomic E-state index is 13.8. The number of nitrogens with one attached hydrogen (secondary N) is 4. The van der Waals surface area contributed by atoms with E-state index in [1.54, 1.807) is 25.6 Å². The van der Waals surface area contributed by atoms with Gasteiger partial charge in [0.25, 0.3) is 0 Å². The molecule has 6 amide bonds. The Balaban J connectivity index is 2.19. The zero-order valence-corrected chi connectivity index (χ0v) is 33.6. The normalized spacial score (nSPS) is 19.6. The summed E-state index contributed by atoms with van der Waals surface area (Å²) in [5.74, 6) is -3.79. The number of guanidine groups is 1. The highest BCUT2D eigenvalue weighted by atomic mass is 32.2. The Labute approximate surface area is 326 Å². The first-order valence-corrected chi connectivity index (χ1v) is 21.2. The summed E-state index contributed by atoms with van der Waals surface area (Å²) >= 11 is 3.03. The minimum Gasteiger partial charge on any atom is -0.480 e. The van der Waals surface area contributed by atoms with E-state index in [0.29, 0.717) is 56.6 Å². The second kappa shape index (κ2) is 23.2. The molecule has 2 aliphatic rings. The number of hydrogen-bond acceptors (Lipinski definition) is 11. The summed E-state index contributed by atoms with van der Waals surface area (Å²) in [6.45, 7) is 5.64. The van der Waals surface area contributed by atoms with Gasteiger partial charge in [0.05, 0.1) is 6.04 Å². The van der Waals surface area contributed by atoms with E-state index >= 15 is 0 Å². The Kier molecular flexibility index (Phi) is 19.9. The molecule has 0 aromatic rings. The number of amides is 6. The fourth-order valence-electron chi connectivity index (χ4n) is 6.37. The van der Waals surface area contributed by atoms with Gasteiger partial charge in [0, 0.05) is 19.6 Å². The third-order valence-electron chi connectivity index (χ3n) is 9.41. The van der Waals surface area contributed by atoms with Crippen molar-refractivity contribution in [1.82, 2.24) is 31.1 Å². The topological polar surface area (TPSA) is 285 Å². The molecule has 2 aliphatic heterocycles. The molecule has 0 aromatic carbocycles. The highest BCUT2D eigenvalue weighted by Crippen LogP contribution is 2.25. The molecule has 0 aliphatic carbocycles. The van der Waals surface area contributed by atoms with Gasteiger partial charge >= 0.3 is 5.97 Å². The van der Waals surface area contributed by atoms with Gasteiger partial charge in [-0.1, -0.05) is 13.8 Å². The van der Waals surface area contributed by atoms with Gasteiger partial charge in [0.1, 0.15) is 36.3 Å². The molecule has 7 atom stereocenters. The second-order valence-corrected chi connectivity index (χ2v) is 15.9. The van der Waals surface area contributed by atoms with Crippen LogP contribution in [0.15, 0.2) is 4.99 Å². The van der Waals surface area contributed by atoms with Crippen LogP contribution in [0.5, 0.6) is 0 Å². The molecule has 18 nitrogen and oxygen atoms in total. The molecule has 11 N–H and O–H groups in total. The van der Waals surface area contributed by atoms with Crippen molar-refractivity contribution in [2.45, 2.75) is 114 Å². The Morgan fingerprint density at radius 2 is 1.31 bits per heavy atom. The molecule has 2 rings (SSSR count). The number of thioether (sulfide) groups is 2. The van der Waals surface area contributed by atoms with Crippen LogP contribution in [0, 0.1) is 5.92 Å². The first-order chi connectivity index (χ1) is 25.5. The van der Waals surface area contributed by atoms with Gasteiger partial charge in [0.15, 0.2) is 5.96 Å². The molecule has 54 heavy (non-hydrogen) atoms. The van der Waals surface area contributed by atoms with Crippen LogP contribution >= 0.6 is 23.5 Å². The van der Waals surface area contributed by atoms with Crippen molar-refractivity contribution in [3.63, 3.8) is 0 Å². The number of likely N-dealkylation sites (tertiary alicyclic amines) is 2. The number of rotatable bonds is 22. The van der Waals surface area contributed by atoms with E-state index in [-0.39, 0.29) is 31.9 Å². The minimum atomic E-state index is -1.14. The van der Waals surface area contributed by atoms with Crippen molar-refractivity contribution in [2.24, 2.45) is 28.1 Å². The summed E-state index contributed by atoms with van der Waals surface area (Å²) in [6, 6.07) is -6.90. The number of aliphatic imine (C=N–C) groups is 1. The molecule has 2 saturated heterocycles. The second-order valence-electron chi connectivity index (χ2n) is 13.9.